The Morgan fingerprint density at radius 2 is 1.58 bits per heavy atom. The van der Waals surface area contributed by atoms with Gasteiger partial charge in [-0.25, -0.2) is 8.42 Å². The van der Waals surface area contributed by atoms with Gasteiger partial charge in [-0.15, -0.1) is 0 Å². The molecule has 0 atom stereocenters. The molecule has 1 amide bonds. The Morgan fingerprint density at radius 1 is 0.958 bits per heavy atom. The van der Waals surface area contributed by atoms with E-state index in [-0.39, 0.29) is 10.8 Å². The third-order valence-electron chi connectivity index (χ3n) is 3.29. The van der Waals surface area contributed by atoms with E-state index in [0.717, 1.165) is 0 Å². The van der Waals surface area contributed by atoms with Crippen LogP contribution in [-0.4, -0.2) is 35.6 Å². The fourth-order valence-electron chi connectivity index (χ4n) is 2.03. The molecule has 7 nitrogen and oxygen atoms in total. The number of methoxy groups -OCH3 is 2. The van der Waals surface area contributed by atoms with Crippen LogP contribution in [0.15, 0.2) is 47.4 Å². The monoisotopic (exact) mass is 350 g/mol. The van der Waals surface area contributed by atoms with Crippen molar-refractivity contribution in [3.8, 4) is 11.5 Å². The number of ether oxygens (including phenoxy) is 2. The van der Waals surface area contributed by atoms with Crippen molar-refractivity contribution in [2.24, 2.45) is 0 Å². The molecule has 0 spiro atoms. The van der Waals surface area contributed by atoms with E-state index in [2.05, 4.69) is 10.0 Å². The first-order chi connectivity index (χ1) is 11.4. The lowest BCUT2D eigenvalue weighted by atomic mass is 10.2. The average Bonchev–Trinajstić information content (AvgIpc) is 2.60. The molecule has 0 aromatic heterocycles. The molecule has 0 heterocycles. The number of carbonyl (C=O) groups is 1. The summed E-state index contributed by atoms with van der Waals surface area (Å²) in [6.45, 7) is 0. The minimum Gasteiger partial charge on any atom is -0.493 e. The van der Waals surface area contributed by atoms with Gasteiger partial charge in [0.2, 0.25) is 0 Å². The smallest absolute Gasteiger partial charge is 0.262 e. The first kappa shape index (κ1) is 17.6. The van der Waals surface area contributed by atoms with Crippen molar-refractivity contribution in [2.75, 3.05) is 26.0 Å². The van der Waals surface area contributed by atoms with Gasteiger partial charge in [0.1, 0.15) is 0 Å². The zero-order chi connectivity index (χ0) is 17.7. The molecule has 0 aliphatic rings. The van der Waals surface area contributed by atoms with Crippen molar-refractivity contribution >= 4 is 21.6 Å². The van der Waals surface area contributed by atoms with Crippen LogP contribution in [0.2, 0.25) is 0 Å². The Kier molecular flexibility index (Phi) is 5.30. The quantitative estimate of drug-likeness (QED) is 0.829. The molecule has 0 aliphatic heterocycles. The lowest BCUT2D eigenvalue weighted by Gasteiger charge is -2.12. The number of hydrogen-bond acceptors (Lipinski definition) is 5. The highest BCUT2D eigenvalue weighted by atomic mass is 32.2. The number of sulfonamides is 1. The summed E-state index contributed by atoms with van der Waals surface area (Å²) in [5.74, 6) is 0.506. The molecule has 0 saturated carbocycles. The molecule has 0 fully saturated rings. The third-order valence-corrected chi connectivity index (χ3v) is 4.67. The first-order valence-electron chi connectivity index (χ1n) is 6.98. The van der Waals surface area contributed by atoms with E-state index < -0.39 is 10.0 Å². The van der Waals surface area contributed by atoms with Crippen molar-refractivity contribution in [3.05, 3.63) is 48.0 Å². The average molecular weight is 350 g/mol. The molecule has 2 N–H and O–H groups in total. The number of hydrogen-bond donors (Lipinski definition) is 2. The maximum absolute atomic E-state index is 12.5. The Balaban J connectivity index is 2.26. The van der Waals surface area contributed by atoms with Crippen molar-refractivity contribution in [1.29, 1.82) is 0 Å². The van der Waals surface area contributed by atoms with E-state index in [1.54, 1.807) is 0 Å². The van der Waals surface area contributed by atoms with Crippen molar-refractivity contribution in [1.82, 2.24) is 5.32 Å². The minimum absolute atomic E-state index is 0.0375. The molecule has 0 bridgehead atoms. The van der Waals surface area contributed by atoms with Gasteiger partial charge in [0.05, 0.1) is 19.1 Å². The van der Waals surface area contributed by atoms with Gasteiger partial charge in [0.25, 0.3) is 15.9 Å². The molecular formula is C16H18N2O5S. The van der Waals surface area contributed by atoms with E-state index in [1.165, 1.54) is 63.7 Å². The summed E-state index contributed by atoms with van der Waals surface area (Å²) in [7, 11) is 0.628. The maximum Gasteiger partial charge on any atom is 0.262 e. The maximum atomic E-state index is 12.5. The number of amides is 1. The van der Waals surface area contributed by atoms with Crippen LogP contribution in [-0.2, 0) is 10.0 Å². The van der Waals surface area contributed by atoms with Gasteiger partial charge in [0.15, 0.2) is 11.5 Å². The first-order valence-corrected chi connectivity index (χ1v) is 8.46. The molecule has 2 aromatic rings. The molecule has 128 valence electrons. The minimum atomic E-state index is -3.80. The van der Waals surface area contributed by atoms with Gasteiger partial charge in [0, 0.05) is 24.4 Å². The molecule has 2 aromatic carbocycles. The topological polar surface area (TPSA) is 93.7 Å². The summed E-state index contributed by atoms with van der Waals surface area (Å²) in [5.41, 5.74) is 0.781. The van der Waals surface area contributed by atoms with Crippen LogP contribution in [0.5, 0.6) is 11.5 Å². The van der Waals surface area contributed by atoms with E-state index in [4.69, 9.17) is 9.47 Å². The van der Waals surface area contributed by atoms with Crippen molar-refractivity contribution in [2.45, 2.75) is 4.90 Å². The van der Waals surface area contributed by atoms with Gasteiger partial charge in [-0.05, 0) is 36.4 Å². The number of rotatable bonds is 6. The second-order valence-electron chi connectivity index (χ2n) is 4.78. The zero-order valence-corrected chi connectivity index (χ0v) is 14.3. The van der Waals surface area contributed by atoms with E-state index >= 15 is 0 Å². The highest BCUT2D eigenvalue weighted by Gasteiger charge is 2.17. The Morgan fingerprint density at radius 3 is 2.12 bits per heavy atom. The summed E-state index contributed by atoms with van der Waals surface area (Å²) in [6.07, 6.45) is 0. The predicted molar refractivity (Wildman–Crippen MR) is 90.2 cm³/mol. The zero-order valence-electron chi connectivity index (χ0n) is 13.5. The Labute approximate surface area is 140 Å². The van der Waals surface area contributed by atoms with Crippen LogP contribution in [0.4, 0.5) is 5.69 Å². The molecule has 24 heavy (non-hydrogen) atoms. The fraction of sp³-hybridized carbons (Fsp3) is 0.188. The summed E-state index contributed by atoms with van der Waals surface area (Å²) in [5, 5.41) is 2.49. The molecule has 0 unspecified atom stereocenters. The van der Waals surface area contributed by atoms with E-state index in [1.807, 2.05) is 0 Å². The van der Waals surface area contributed by atoms with Gasteiger partial charge >= 0.3 is 0 Å². The Hall–Kier alpha value is -2.74. The molecule has 2 rings (SSSR count). The van der Waals surface area contributed by atoms with Crippen molar-refractivity contribution in [3.63, 3.8) is 0 Å². The number of carbonyl (C=O) groups excluding carboxylic acids is 1. The highest BCUT2D eigenvalue weighted by molar-refractivity contribution is 7.92. The number of benzene rings is 2. The molecule has 0 radical (unpaired) electrons. The highest BCUT2D eigenvalue weighted by Crippen LogP contribution is 2.30. The largest absolute Gasteiger partial charge is 0.493 e. The van der Waals surface area contributed by atoms with Crippen LogP contribution < -0.4 is 19.5 Å². The molecule has 8 heteroatoms. The Bertz CT molecular complexity index is 832. The van der Waals surface area contributed by atoms with Gasteiger partial charge < -0.3 is 14.8 Å². The second-order valence-corrected chi connectivity index (χ2v) is 6.46. The summed E-state index contributed by atoms with van der Waals surface area (Å²) in [6, 6.07) is 10.4. The SMILES string of the molecule is CNC(=O)c1ccc(NS(=O)(=O)c2ccc(OC)c(OC)c2)cc1. The lowest BCUT2D eigenvalue weighted by molar-refractivity contribution is 0.0963. The normalized spacial score (nSPS) is 10.8. The summed E-state index contributed by atoms with van der Waals surface area (Å²) < 4.78 is 37.6. The fourth-order valence-corrected chi connectivity index (χ4v) is 3.11. The van der Waals surface area contributed by atoms with Gasteiger partial charge in [-0.1, -0.05) is 0 Å². The number of nitrogens with one attached hydrogen (secondary N) is 2. The lowest BCUT2D eigenvalue weighted by Crippen LogP contribution is -2.18. The van der Waals surface area contributed by atoms with Crippen LogP contribution >= 0.6 is 0 Å². The van der Waals surface area contributed by atoms with Crippen molar-refractivity contribution < 1.29 is 22.7 Å². The van der Waals surface area contributed by atoms with Crippen LogP contribution in [0.1, 0.15) is 10.4 Å². The summed E-state index contributed by atoms with van der Waals surface area (Å²) in [4.78, 5) is 11.5. The summed E-state index contributed by atoms with van der Waals surface area (Å²) >= 11 is 0. The van der Waals surface area contributed by atoms with Crippen LogP contribution in [0.3, 0.4) is 0 Å². The van der Waals surface area contributed by atoms with E-state index in [9.17, 15) is 13.2 Å². The molecule has 0 saturated heterocycles. The van der Waals surface area contributed by atoms with E-state index in [0.29, 0.717) is 22.7 Å². The molecular weight excluding hydrogens is 332 g/mol. The van der Waals surface area contributed by atoms with Gasteiger partial charge in [-0.2, -0.15) is 0 Å². The predicted octanol–water partition coefficient (Wildman–Crippen LogP) is 1.86. The standard InChI is InChI=1S/C16H18N2O5S/c1-17-16(19)11-4-6-12(7-5-11)18-24(20,21)13-8-9-14(22-2)15(10-13)23-3/h4-10,18H,1-3H3,(H,17,19). The number of anilines is 1. The van der Waals surface area contributed by atoms with Crippen LogP contribution in [0.25, 0.3) is 0 Å². The van der Waals surface area contributed by atoms with Crippen LogP contribution in [0, 0.1) is 0 Å². The second kappa shape index (κ2) is 7.22. The molecule has 0 aliphatic carbocycles. The van der Waals surface area contributed by atoms with Gasteiger partial charge in [-0.3, -0.25) is 9.52 Å². The third kappa shape index (κ3) is 3.77.